The molecule has 0 aromatic carbocycles. The molecule has 0 saturated carbocycles. The summed E-state index contributed by atoms with van der Waals surface area (Å²) in [5, 5.41) is 27.1. The molecule has 1 aliphatic rings. The molecule has 2 heterocycles. The number of rotatable bonds is 3. The van der Waals surface area contributed by atoms with E-state index in [1.807, 2.05) is 0 Å². The number of aliphatic hydroxyl groups excluding tert-OH is 2. The fraction of sp³-hybridized carbons (Fsp3) is 0.417. The zero-order valence-electron chi connectivity index (χ0n) is 10.4. The summed E-state index contributed by atoms with van der Waals surface area (Å²) in [4.78, 5) is 25.4. The summed E-state index contributed by atoms with van der Waals surface area (Å²) in [5.41, 5.74) is -1.17. The molecule has 2 rings (SSSR count). The van der Waals surface area contributed by atoms with Crippen molar-refractivity contribution in [3.63, 3.8) is 0 Å². The van der Waals surface area contributed by atoms with E-state index >= 15 is 0 Å². The highest BCUT2D eigenvalue weighted by molar-refractivity contribution is 5.49. The maximum atomic E-state index is 11.7. The predicted octanol–water partition coefficient (Wildman–Crippen LogP) is -1.29. The smallest absolute Gasteiger partial charge is 0.330 e. The Bertz CT molecular complexity index is 669. The van der Waals surface area contributed by atoms with E-state index in [0.29, 0.717) is 0 Å². The minimum Gasteiger partial charge on any atom is -0.394 e. The molecule has 106 valence electrons. The van der Waals surface area contributed by atoms with Crippen LogP contribution < -0.4 is 11.2 Å². The largest absolute Gasteiger partial charge is 0.394 e. The molecule has 1 saturated heterocycles. The van der Waals surface area contributed by atoms with Gasteiger partial charge in [0.05, 0.1) is 24.3 Å². The molecule has 1 aromatic heterocycles. The van der Waals surface area contributed by atoms with E-state index in [1.54, 1.807) is 6.07 Å². The van der Waals surface area contributed by atoms with E-state index < -0.39 is 29.7 Å². The zero-order valence-corrected chi connectivity index (χ0v) is 10.4. The third-order valence-corrected chi connectivity index (χ3v) is 3.03. The van der Waals surface area contributed by atoms with Crippen LogP contribution in [0.2, 0.25) is 0 Å². The molecule has 8 heteroatoms. The summed E-state index contributed by atoms with van der Waals surface area (Å²) >= 11 is 0. The first-order valence-corrected chi connectivity index (χ1v) is 5.93. The van der Waals surface area contributed by atoms with Gasteiger partial charge in [0.25, 0.3) is 5.56 Å². The van der Waals surface area contributed by atoms with Crippen molar-refractivity contribution in [2.75, 3.05) is 6.61 Å². The van der Waals surface area contributed by atoms with Gasteiger partial charge in [-0.2, -0.15) is 5.26 Å². The normalized spacial score (nSPS) is 25.9. The molecule has 1 aromatic rings. The number of nitrogens with zero attached hydrogens (tertiary/aromatic N) is 2. The van der Waals surface area contributed by atoms with Gasteiger partial charge >= 0.3 is 5.69 Å². The first-order chi connectivity index (χ1) is 9.56. The van der Waals surface area contributed by atoms with Crippen molar-refractivity contribution < 1.29 is 14.9 Å². The minimum absolute atomic E-state index is 0.122. The van der Waals surface area contributed by atoms with Crippen LogP contribution in [0.25, 0.3) is 6.08 Å². The molecule has 0 radical (unpaired) electrons. The summed E-state index contributed by atoms with van der Waals surface area (Å²) in [5.74, 6) is 0. The second kappa shape index (κ2) is 5.83. The molecule has 0 bridgehead atoms. The summed E-state index contributed by atoms with van der Waals surface area (Å²) in [6.45, 7) is -0.364. The van der Waals surface area contributed by atoms with Crippen molar-refractivity contribution in [3.05, 3.63) is 38.7 Å². The number of hydrogen-bond donors (Lipinski definition) is 3. The molecule has 0 amide bonds. The number of nitriles is 1. The zero-order chi connectivity index (χ0) is 14.7. The molecule has 0 spiro atoms. The van der Waals surface area contributed by atoms with Crippen molar-refractivity contribution in [2.45, 2.75) is 24.9 Å². The predicted molar refractivity (Wildman–Crippen MR) is 67.6 cm³/mol. The van der Waals surface area contributed by atoms with Gasteiger partial charge in [-0.05, 0) is 6.08 Å². The van der Waals surface area contributed by atoms with Crippen molar-refractivity contribution in [2.24, 2.45) is 0 Å². The van der Waals surface area contributed by atoms with Gasteiger partial charge in [-0.25, -0.2) is 4.79 Å². The van der Waals surface area contributed by atoms with Gasteiger partial charge in [-0.3, -0.25) is 14.3 Å². The average Bonchev–Trinajstić information content (AvgIpc) is 2.79. The van der Waals surface area contributed by atoms with Crippen LogP contribution in [0.1, 0.15) is 18.2 Å². The summed E-state index contributed by atoms with van der Waals surface area (Å²) in [6.07, 6.45) is 1.33. The highest BCUT2D eigenvalue weighted by Gasteiger charge is 2.35. The Hall–Kier alpha value is -2.21. The molecule has 0 aliphatic carbocycles. The van der Waals surface area contributed by atoms with Crippen molar-refractivity contribution in [3.8, 4) is 6.07 Å². The fourth-order valence-electron chi connectivity index (χ4n) is 2.01. The number of aliphatic hydroxyl groups is 2. The molecule has 3 unspecified atom stereocenters. The fourth-order valence-corrected chi connectivity index (χ4v) is 2.01. The van der Waals surface area contributed by atoms with Gasteiger partial charge in [0, 0.05) is 18.7 Å². The summed E-state index contributed by atoms with van der Waals surface area (Å²) < 4.78 is 6.46. The molecule has 20 heavy (non-hydrogen) atoms. The molecule has 3 N–H and O–H groups in total. The highest BCUT2D eigenvalue weighted by atomic mass is 16.5. The van der Waals surface area contributed by atoms with E-state index in [0.717, 1.165) is 10.6 Å². The van der Waals surface area contributed by atoms with Crippen LogP contribution in [-0.4, -0.2) is 38.6 Å². The van der Waals surface area contributed by atoms with Crippen molar-refractivity contribution in [1.29, 1.82) is 5.26 Å². The van der Waals surface area contributed by atoms with Crippen LogP contribution in [0.15, 0.2) is 21.9 Å². The first kappa shape index (κ1) is 14.2. The standard InChI is InChI=1S/C12H13N3O5/c13-3-1-2-7-5-15(12(19)14-11(7)18)10-4-8(17)9(6-16)20-10/h1-2,5,8-10,16-17H,4,6H2,(H,14,18,19)/b2-1+. The third-order valence-electron chi connectivity index (χ3n) is 3.03. The number of nitrogens with one attached hydrogen (secondary N) is 1. The van der Waals surface area contributed by atoms with Crippen molar-refractivity contribution >= 4 is 6.08 Å². The highest BCUT2D eigenvalue weighted by Crippen LogP contribution is 2.27. The van der Waals surface area contributed by atoms with E-state index in [2.05, 4.69) is 4.98 Å². The molecule has 1 aliphatic heterocycles. The van der Waals surface area contributed by atoms with E-state index in [-0.39, 0.29) is 18.6 Å². The second-order valence-electron chi connectivity index (χ2n) is 4.33. The van der Waals surface area contributed by atoms with Gasteiger partial charge in [0.1, 0.15) is 12.3 Å². The quantitative estimate of drug-likeness (QED) is 0.591. The van der Waals surface area contributed by atoms with E-state index in [4.69, 9.17) is 15.1 Å². The van der Waals surface area contributed by atoms with Crippen LogP contribution in [0.3, 0.4) is 0 Å². The van der Waals surface area contributed by atoms with Gasteiger partial charge in [0.15, 0.2) is 0 Å². The summed E-state index contributed by atoms with van der Waals surface area (Å²) in [7, 11) is 0. The number of allylic oxidation sites excluding steroid dienone is 1. The number of aromatic nitrogens is 2. The van der Waals surface area contributed by atoms with Crippen molar-refractivity contribution in [1.82, 2.24) is 9.55 Å². The summed E-state index contributed by atoms with van der Waals surface area (Å²) in [6, 6.07) is 1.75. The number of aromatic amines is 1. The Morgan fingerprint density at radius 2 is 2.35 bits per heavy atom. The van der Waals surface area contributed by atoms with Gasteiger partial charge in [-0.15, -0.1) is 0 Å². The topological polar surface area (TPSA) is 128 Å². The Labute approximate surface area is 113 Å². The maximum Gasteiger partial charge on any atom is 0.330 e. The van der Waals surface area contributed by atoms with E-state index in [9.17, 15) is 14.7 Å². The Morgan fingerprint density at radius 1 is 1.60 bits per heavy atom. The lowest BCUT2D eigenvalue weighted by molar-refractivity contribution is -0.0459. The van der Waals surface area contributed by atoms with Crippen LogP contribution in [0, 0.1) is 11.3 Å². The van der Waals surface area contributed by atoms with Gasteiger partial charge in [0.2, 0.25) is 0 Å². The maximum absolute atomic E-state index is 11.7. The van der Waals surface area contributed by atoms with Gasteiger partial charge < -0.3 is 14.9 Å². The molecular weight excluding hydrogens is 266 g/mol. The number of ether oxygens (including phenoxy) is 1. The van der Waals surface area contributed by atoms with Crippen LogP contribution in [0.4, 0.5) is 0 Å². The minimum atomic E-state index is -0.887. The monoisotopic (exact) mass is 279 g/mol. The second-order valence-corrected chi connectivity index (χ2v) is 4.33. The Kier molecular flexibility index (Phi) is 4.14. The van der Waals surface area contributed by atoms with Crippen LogP contribution >= 0.6 is 0 Å². The average molecular weight is 279 g/mol. The molecule has 8 nitrogen and oxygen atoms in total. The van der Waals surface area contributed by atoms with E-state index in [1.165, 1.54) is 12.3 Å². The lowest BCUT2D eigenvalue weighted by Gasteiger charge is -2.14. The SMILES string of the molecule is N#C/C=C/c1cn(C2CC(O)C(CO)O2)c(=O)[nH]c1=O. The Balaban J connectivity index is 2.38. The number of H-pyrrole nitrogens is 1. The third kappa shape index (κ3) is 2.70. The van der Waals surface area contributed by atoms with Crippen LogP contribution in [-0.2, 0) is 4.74 Å². The molecule has 3 atom stereocenters. The lowest BCUT2D eigenvalue weighted by Crippen LogP contribution is -2.33. The number of hydrogen-bond acceptors (Lipinski definition) is 6. The first-order valence-electron chi connectivity index (χ1n) is 5.93. The molecular formula is C12H13N3O5. The molecule has 1 fully saturated rings. The van der Waals surface area contributed by atoms with Gasteiger partial charge in [-0.1, -0.05) is 0 Å². The Morgan fingerprint density at radius 3 is 2.95 bits per heavy atom. The lowest BCUT2D eigenvalue weighted by atomic mass is 10.2. The van der Waals surface area contributed by atoms with Crippen LogP contribution in [0.5, 0.6) is 0 Å².